The van der Waals surface area contributed by atoms with E-state index in [1.54, 1.807) is 55.5 Å². The van der Waals surface area contributed by atoms with E-state index in [-0.39, 0.29) is 16.6 Å². The fraction of sp³-hybridized carbons (Fsp3) is 0.259. The highest BCUT2D eigenvalue weighted by molar-refractivity contribution is 7.92. The van der Waals surface area contributed by atoms with Gasteiger partial charge in [-0.1, -0.05) is 17.7 Å². The van der Waals surface area contributed by atoms with Crippen molar-refractivity contribution >= 4 is 33.1 Å². The number of aryl methyl sites for hydroxylation is 1. The molecule has 0 aliphatic carbocycles. The molecule has 35 heavy (non-hydrogen) atoms. The van der Waals surface area contributed by atoms with Crippen molar-refractivity contribution < 1.29 is 18.0 Å². The van der Waals surface area contributed by atoms with Crippen molar-refractivity contribution in [2.75, 3.05) is 42.4 Å². The summed E-state index contributed by atoms with van der Waals surface area (Å²) >= 11 is 0. The average Bonchev–Trinajstić information content (AvgIpc) is 2.88. The van der Waals surface area contributed by atoms with Crippen LogP contribution in [0.2, 0.25) is 0 Å². The summed E-state index contributed by atoms with van der Waals surface area (Å²) in [4.78, 5) is 28.7. The van der Waals surface area contributed by atoms with Gasteiger partial charge in [0.05, 0.1) is 10.6 Å². The van der Waals surface area contributed by atoms with Crippen LogP contribution in [0, 0.1) is 6.92 Å². The number of carbonyl (C=O) groups is 2. The van der Waals surface area contributed by atoms with Crippen molar-refractivity contribution in [3.63, 3.8) is 0 Å². The highest BCUT2D eigenvalue weighted by Gasteiger charge is 2.24. The summed E-state index contributed by atoms with van der Waals surface area (Å²) < 4.78 is 27.1. The molecule has 3 aromatic rings. The number of anilines is 2. The highest BCUT2D eigenvalue weighted by Crippen LogP contribution is 2.24. The van der Waals surface area contributed by atoms with Crippen LogP contribution < -0.4 is 9.21 Å². The van der Waals surface area contributed by atoms with Gasteiger partial charge in [0.25, 0.3) is 15.9 Å². The Bertz CT molecular complexity index is 1310. The highest BCUT2D eigenvalue weighted by atomic mass is 32.2. The standard InChI is InChI=1S/C27H29N3O4S/c1-20-4-14-26(15-5-20)35(33,34)28(3)24-10-8-23(9-11-24)27(32)30-18-16-29(17-19-30)25-12-6-22(7-13-25)21(2)31/h4-15H,16-19H2,1-3H3. The molecule has 0 atom stereocenters. The Balaban J connectivity index is 1.39. The van der Waals surface area contributed by atoms with Gasteiger partial charge in [-0.05, 0) is 74.5 Å². The van der Waals surface area contributed by atoms with Gasteiger partial charge in [0, 0.05) is 50.0 Å². The van der Waals surface area contributed by atoms with Gasteiger partial charge in [-0.15, -0.1) is 0 Å². The zero-order valence-electron chi connectivity index (χ0n) is 20.1. The van der Waals surface area contributed by atoms with Gasteiger partial charge in [0.1, 0.15) is 0 Å². The van der Waals surface area contributed by atoms with Crippen LogP contribution in [0.25, 0.3) is 0 Å². The molecule has 8 heteroatoms. The second kappa shape index (κ2) is 9.92. The summed E-state index contributed by atoms with van der Waals surface area (Å²) in [6.45, 7) is 6.00. The van der Waals surface area contributed by atoms with Crippen LogP contribution >= 0.6 is 0 Å². The zero-order chi connectivity index (χ0) is 25.2. The third kappa shape index (κ3) is 5.22. The molecule has 0 saturated carbocycles. The number of hydrogen-bond acceptors (Lipinski definition) is 5. The Kier molecular flexibility index (Phi) is 6.93. The molecular weight excluding hydrogens is 462 g/mol. The summed E-state index contributed by atoms with van der Waals surface area (Å²) in [6, 6.07) is 20.9. The van der Waals surface area contributed by atoms with Crippen molar-refractivity contribution in [3.05, 3.63) is 89.5 Å². The van der Waals surface area contributed by atoms with Gasteiger partial charge in [0.15, 0.2) is 5.78 Å². The molecule has 3 aromatic carbocycles. The largest absolute Gasteiger partial charge is 0.368 e. The number of sulfonamides is 1. The maximum Gasteiger partial charge on any atom is 0.264 e. The zero-order valence-corrected chi connectivity index (χ0v) is 21.0. The second-order valence-corrected chi connectivity index (χ2v) is 10.7. The molecule has 0 radical (unpaired) electrons. The van der Waals surface area contributed by atoms with Crippen LogP contribution in [0.15, 0.2) is 77.7 Å². The Labute approximate surface area is 206 Å². The van der Waals surface area contributed by atoms with Crippen molar-refractivity contribution in [3.8, 4) is 0 Å². The number of piperazine rings is 1. The first-order valence-electron chi connectivity index (χ1n) is 11.5. The van der Waals surface area contributed by atoms with E-state index in [1.807, 2.05) is 36.1 Å². The molecule has 0 spiro atoms. The number of rotatable bonds is 6. The van der Waals surface area contributed by atoms with Crippen LogP contribution in [-0.4, -0.2) is 58.2 Å². The molecule has 0 unspecified atom stereocenters. The van der Waals surface area contributed by atoms with E-state index >= 15 is 0 Å². The number of nitrogens with zero attached hydrogens (tertiary/aromatic N) is 3. The molecule has 7 nitrogen and oxygen atoms in total. The lowest BCUT2D eigenvalue weighted by atomic mass is 10.1. The van der Waals surface area contributed by atoms with Gasteiger partial charge in [-0.2, -0.15) is 0 Å². The van der Waals surface area contributed by atoms with Crippen molar-refractivity contribution in [2.45, 2.75) is 18.7 Å². The average molecular weight is 492 g/mol. The predicted molar refractivity (Wildman–Crippen MR) is 138 cm³/mol. The van der Waals surface area contributed by atoms with E-state index < -0.39 is 10.0 Å². The maximum absolute atomic E-state index is 13.0. The van der Waals surface area contributed by atoms with E-state index in [0.29, 0.717) is 43.0 Å². The first kappa shape index (κ1) is 24.5. The number of hydrogen-bond donors (Lipinski definition) is 0. The van der Waals surface area contributed by atoms with E-state index in [4.69, 9.17) is 0 Å². The summed E-state index contributed by atoms with van der Waals surface area (Å²) in [5.41, 5.74) is 3.71. The Morgan fingerprint density at radius 2 is 1.31 bits per heavy atom. The Morgan fingerprint density at radius 1 is 0.771 bits per heavy atom. The number of amides is 1. The molecule has 1 aliphatic rings. The molecule has 1 heterocycles. The minimum absolute atomic E-state index is 0.0388. The summed E-state index contributed by atoms with van der Waals surface area (Å²) in [5.74, 6) is -0.0379. The SMILES string of the molecule is CC(=O)c1ccc(N2CCN(C(=O)c3ccc(N(C)S(=O)(=O)c4ccc(C)cc4)cc3)CC2)cc1. The lowest BCUT2D eigenvalue weighted by Crippen LogP contribution is -2.48. The van der Waals surface area contributed by atoms with Crippen LogP contribution in [0.5, 0.6) is 0 Å². The van der Waals surface area contributed by atoms with Crippen molar-refractivity contribution in [2.24, 2.45) is 0 Å². The molecule has 0 aromatic heterocycles. The lowest BCUT2D eigenvalue weighted by Gasteiger charge is -2.36. The minimum atomic E-state index is -3.69. The molecule has 0 N–H and O–H groups in total. The van der Waals surface area contributed by atoms with Gasteiger partial charge in [-0.25, -0.2) is 8.42 Å². The molecule has 1 saturated heterocycles. The molecule has 1 amide bonds. The number of carbonyl (C=O) groups excluding carboxylic acids is 2. The van der Waals surface area contributed by atoms with E-state index in [1.165, 1.54) is 11.4 Å². The van der Waals surface area contributed by atoms with Gasteiger partial charge >= 0.3 is 0 Å². The van der Waals surface area contributed by atoms with Crippen molar-refractivity contribution in [1.29, 1.82) is 0 Å². The topological polar surface area (TPSA) is 78.0 Å². The molecular formula is C27H29N3O4S. The van der Waals surface area contributed by atoms with Crippen LogP contribution in [-0.2, 0) is 10.0 Å². The molecule has 0 bridgehead atoms. The maximum atomic E-state index is 13.0. The third-order valence-electron chi connectivity index (χ3n) is 6.36. The molecule has 4 rings (SSSR count). The van der Waals surface area contributed by atoms with Crippen molar-refractivity contribution in [1.82, 2.24) is 4.90 Å². The fourth-order valence-corrected chi connectivity index (χ4v) is 5.27. The third-order valence-corrected chi connectivity index (χ3v) is 8.16. The molecule has 182 valence electrons. The van der Waals surface area contributed by atoms with E-state index in [0.717, 1.165) is 11.3 Å². The minimum Gasteiger partial charge on any atom is -0.368 e. The molecule has 1 aliphatic heterocycles. The second-order valence-electron chi connectivity index (χ2n) is 8.71. The number of Topliss-reactive ketones (excluding diaryl/α,β-unsaturated/α-hetero) is 1. The van der Waals surface area contributed by atoms with Crippen LogP contribution in [0.4, 0.5) is 11.4 Å². The summed E-state index contributed by atoms with van der Waals surface area (Å²) in [6.07, 6.45) is 0. The van der Waals surface area contributed by atoms with Gasteiger partial charge in [0.2, 0.25) is 0 Å². The smallest absolute Gasteiger partial charge is 0.264 e. The molecule has 1 fully saturated rings. The summed E-state index contributed by atoms with van der Waals surface area (Å²) in [7, 11) is -2.18. The van der Waals surface area contributed by atoms with Gasteiger partial charge < -0.3 is 9.80 Å². The van der Waals surface area contributed by atoms with Crippen LogP contribution in [0.1, 0.15) is 33.2 Å². The van der Waals surface area contributed by atoms with E-state index in [2.05, 4.69) is 4.90 Å². The van der Waals surface area contributed by atoms with Gasteiger partial charge in [-0.3, -0.25) is 13.9 Å². The monoisotopic (exact) mass is 491 g/mol. The normalized spacial score (nSPS) is 14.0. The first-order valence-corrected chi connectivity index (χ1v) is 12.9. The fourth-order valence-electron chi connectivity index (χ4n) is 4.08. The van der Waals surface area contributed by atoms with Crippen LogP contribution in [0.3, 0.4) is 0 Å². The predicted octanol–water partition coefficient (Wildman–Crippen LogP) is 3.99. The Hall–Kier alpha value is -3.65. The van der Waals surface area contributed by atoms with E-state index in [9.17, 15) is 18.0 Å². The number of benzene rings is 3. The lowest BCUT2D eigenvalue weighted by molar-refractivity contribution is 0.0746. The first-order chi connectivity index (χ1) is 16.7. The quantitative estimate of drug-likeness (QED) is 0.488. The Morgan fingerprint density at radius 3 is 1.86 bits per heavy atom. The number of ketones is 1. The summed E-state index contributed by atoms with van der Waals surface area (Å²) in [5, 5.41) is 0.